The van der Waals surface area contributed by atoms with Crippen molar-refractivity contribution in [2.45, 2.75) is 31.7 Å². The summed E-state index contributed by atoms with van der Waals surface area (Å²) in [7, 11) is 0. The second-order valence-corrected chi connectivity index (χ2v) is 4.00. The predicted octanol–water partition coefficient (Wildman–Crippen LogP) is 1.70. The molecule has 2 atom stereocenters. The number of carbonyl (C=O) groups excluding carboxylic acids is 1. The van der Waals surface area contributed by atoms with E-state index in [1.807, 2.05) is 4.90 Å². The van der Waals surface area contributed by atoms with E-state index in [2.05, 4.69) is 10.0 Å². The average molecular weight is 194 g/mol. The summed E-state index contributed by atoms with van der Waals surface area (Å²) in [6.07, 6.45) is 4.09. The van der Waals surface area contributed by atoms with Crippen LogP contribution in [0.15, 0.2) is 5.11 Å². The van der Waals surface area contributed by atoms with E-state index in [9.17, 15) is 4.79 Å². The van der Waals surface area contributed by atoms with Crippen molar-refractivity contribution in [3.8, 4) is 0 Å². The van der Waals surface area contributed by atoms with Crippen LogP contribution in [0.3, 0.4) is 0 Å². The van der Waals surface area contributed by atoms with Gasteiger partial charge in [-0.1, -0.05) is 5.11 Å². The highest BCUT2D eigenvalue weighted by molar-refractivity contribution is 5.82. The van der Waals surface area contributed by atoms with Crippen LogP contribution in [-0.2, 0) is 4.79 Å². The fraction of sp³-hybridized carbons (Fsp3) is 0.889. The Morgan fingerprint density at radius 3 is 3.07 bits per heavy atom. The van der Waals surface area contributed by atoms with Gasteiger partial charge in [-0.3, -0.25) is 4.79 Å². The molecule has 2 rings (SSSR count). The first kappa shape index (κ1) is 9.34. The molecular formula is C9H14N4O. The Bertz CT molecular complexity index is 285. The summed E-state index contributed by atoms with van der Waals surface area (Å²) >= 11 is 0. The van der Waals surface area contributed by atoms with Gasteiger partial charge in [-0.2, -0.15) is 0 Å². The van der Waals surface area contributed by atoms with Gasteiger partial charge in [0.15, 0.2) is 0 Å². The lowest BCUT2D eigenvalue weighted by Gasteiger charge is -2.26. The third-order valence-corrected chi connectivity index (χ3v) is 3.20. The minimum absolute atomic E-state index is 0.305. The zero-order chi connectivity index (χ0) is 9.97. The molecule has 0 aromatic carbocycles. The first-order valence-corrected chi connectivity index (χ1v) is 5.14. The number of hydrogen-bond acceptors (Lipinski definition) is 2. The van der Waals surface area contributed by atoms with Crippen molar-refractivity contribution in [3.05, 3.63) is 10.4 Å². The fourth-order valence-corrected chi connectivity index (χ4v) is 2.53. The van der Waals surface area contributed by atoms with Crippen LogP contribution in [0.1, 0.15) is 25.7 Å². The second-order valence-electron chi connectivity index (χ2n) is 4.00. The van der Waals surface area contributed by atoms with Crippen molar-refractivity contribution in [3.63, 3.8) is 0 Å². The average Bonchev–Trinajstić information content (AvgIpc) is 2.75. The second kappa shape index (κ2) is 3.88. The lowest BCUT2D eigenvalue weighted by atomic mass is 10.1. The SMILES string of the molecule is [N-]=[N+]=NCCCN1C(=O)[C@@H]2CC[C@H]1C2. The number of piperidine rings is 1. The fourth-order valence-electron chi connectivity index (χ4n) is 2.53. The molecule has 76 valence electrons. The van der Waals surface area contributed by atoms with Crippen LogP contribution in [0, 0.1) is 5.92 Å². The molecule has 1 aliphatic carbocycles. The van der Waals surface area contributed by atoms with Crippen LogP contribution >= 0.6 is 0 Å². The topological polar surface area (TPSA) is 69.1 Å². The maximum atomic E-state index is 11.7. The Hall–Kier alpha value is -1.22. The van der Waals surface area contributed by atoms with Crippen molar-refractivity contribution in [1.82, 2.24) is 4.90 Å². The van der Waals surface area contributed by atoms with Crippen LogP contribution in [0.25, 0.3) is 10.4 Å². The number of rotatable bonds is 4. The summed E-state index contributed by atoms with van der Waals surface area (Å²) < 4.78 is 0. The van der Waals surface area contributed by atoms with Gasteiger partial charge in [0.25, 0.3) is 0 Å². The van der Waals surface area contributed by atoms with Gasteiger partial charge in [-0.05, 0) is 31.2 Å². The Balaban J connectivity index is 1.81. The van der Waals surface area contributed by atoms with Crippen LogP contribution in [0.2, 0.25) is 0 Å². The normalized spacial score (nSPS) is 29.4. The molecule has 5 heteroatoms. The van der Waals surface area contributed by atoms with E-state index < -0.39 is 0 Å². The molecule has 0 unspecified atom stereocenters. The van der Waals surface area contributed by atoms with Gasteiger partial charge in [0, 0.05) is 30.0 Å². The lowest BCUT2D eigenvalue weighted by Crippen LogP contribution is -2.37. The molecule has 14 heavy (non-hydrogen) atoms. The summed E-state index contributed by atoms with van der Waals surface area (Å²) in [4.78, 5) is 16.3. The predicted molar refractivity (Wildman–Crippen MR) is 51.5 cm³/mol. The van der Waals surface area contributed by atoms with Gasteiger partial charge in [-0.15, -0.1) is 0 Å². The van der Waals surface area contributed by atoms with Crippen LogP contribution in [-0.4, -0.2) is 29.9 Å². The zero-order valence-corrected chi connectivity index (χ0v) is 8.09. The van der Waals surface area contributed by atoms with Crippen molar-refractivity contribution in [1.29, 1.82) is 0 Å². The monoisotopic (exact) mass is 194 g/mol. The van der Waals surface area contributed by atoms with Crippen molar-refractivity contribution in [2.75, 3.05) is 13.1 Å². The Morgan fingerprint density at radius 1 is 1.57 bits per heavy atom. The highest BCUT2D eigenvalue weighted by Crippen LogP contribution is 2.38. The third-order valence-electron chi connectivity index (χ3n) is 3.20. The Morgan fingerprint density at radius 2 is 2.43 bits per heavy atom. The summed E-state index contributed by atoms with van der Waals surface area (Å²) in [5.74, 6) is 0.627. The summed E-state index contributed by atoms with van der Waals surface area (Å²) in [6, 6.07) is 0.485. The smallest absolute Gasteiger partial charge is 0.226 e. The number of likely N-dealkylation sites (tertiary alicyclic amines) is 1. The molecule has 1 saturated carbocycles. The zero-order valence-electron chi connectivity index (χ0n) is 8.09. The van der Waals surface area contributed by atoms with Gasteiger partial charge in [0.1, 0.15) is 0 Å². The molecule has 2 aliphatic rings. The number of amides is 1. The molecule has 1 saturated heterocycles. The van der Waals surface area contributed by atoms with Crippen molar-refractivity contribution >= 4 is 5.91 Å². The van der Waals surface area contributed by atoms with Crippen molar-refractivity contribution in [2.24, 2.45) is 11.0 Å². The molecule has 0 spiro atoms. The van der Waals surface area contributed by atoms with Crippen LogP contribution in [0.4, 0.5) is 0 Å². The molecule has 5 nitrogen and oxygen atoms in total. The van der Waals surface area contributed by atoms with E-state index in [4.69, 9.17) is 5.53 Å². The van der Waals surface area contributed by atoms with E-state index in [0.717, 1.165) is 32.2 Å². The molecule has 1 amide bonds. The quantitative estimate of drug-likeness (QED) is 0.290. The van der Waals surface area contributed by atoms with Gasteiger partial charge in [0.05, 0.1) is 0 Å². The van der Waals surface area contributed by atoms with E-state index in [0.29, 0.717) is 24.4 Å². The number of azide groups is 1. The third kappa shape index (κ3) is 1.55. The summed E-state index contributed by atoms with van der Waals surface area (Å²) in [5.41, 5.74) is 8.09. The van der Waals surface area contributed by atoms with E-state index >= 15 is 0 Å². The van der Waals surface area contributed by atoms with Crippen LogP contribution < -0.4 is 0 Å². The first-order chi connectivity index (χ1) is 6.83. The molecule has 0 aromatic rings. The molecule has 1 aliphatic heterocycles. The maximum Gasteiger partial charge on any atom is 0.226 e. The minimum atomic E-state index is 0.305. The highest BCUT2D eigenvalue weighted by Gasteiger charge is 2.43. The highest BCUT2D eigenvalue weighted by atomic mass is 16.2. The standard InChI is InChI=1S/C9H14N4O/c10-12-11-4-1-5-13-8-3-2-7(6-8)9(13)14/h7-8H,1-6H2/t7-,8+/m1/s1. The van der Waals surface area contributed by atoms with E-state index in [-0.39, 0.29) is 0 Å². The molecular weight excluding hydrogens is 180 g/mol. The lowest BCUT2D eigenvalue weighted by molar-refractivity contribution is -0.134. The first-order valence-electron chi connectivity index (χ1n) is 5.14. The van der Waals surface area contributed by atoms with E-state index in [1.54, 1.807) is 0 Å². The largest absolute Gasteiger partial charge is 0.339 e. The Labute approximate surface area is 82.7 Å². The molecule has 0 N–H and O–H groups in total. The van der Waals surface area contributed by atoms with Crippen molar-refractivity contribution < 1.29 is 4.79 Å². The summed E-state index contributed by atoms with van der Waals surface area (Å²) in [5, 5.41) is 3.46. The molecule has 0 aromatic heterocycles. The molecule has 2 bridgehead atoms. The Kier molecular flexibility index (Phi) is 2.59. The summed E-state index contributed by atoms with van der Waals surface area (Å²) in [6.45, 7) is 1.26. The molecule has 1 heterocycles. The number of carbonyl (C=O) groups is 1. The minimum Gasteiger partial charge on any atom is -0.339 e. The molecule has 2 fully saturated rings. The number of nitrogens with zero attached hydrogens (tertiary/aromatic N) is 4. The van der Waals surface area contributed by atoms with Crippen LogP contribution in [0.5, 0.6) is 0 Å². The number of hydrogen-bond donors (Lipinski definition) is 0. The number of fused-ring (bicyclic) bond motifs is 2. The van der Waals surface area contributed by atoms with E-state index in [1.165, 1.54) is 0 Å². The van der Waals surface area contributed by atoms with Gasteiger partial charge >= 0.3 is 0 Å². The van der Waals surface area contributed by atoms with Gasteiger partial charge < -0.3 is 4.90 Å². The molecule has 0 radical (unpaired) electrons. The van der Waals surface area contributed by atoms with Gasteiger partial charge in [-0.25, -0.2) is 0 Å². The van der Waals surface area contributed by atoms with Gasteiger partial charge in [0.2, 0.25) is 5.91 Å². The maximum absolute atomic E-state index is 11.7.